The van der Waals surface area contributed by atoms with Crippen LogP contribution in [0.3, 0.4) is 0 Å². The van der Waals surface area contributed by atoms with Gasteiger partial charge in [-0.25, -0.2) is 4.98 Å². The molecule has 8 nitrogen and oxygen atoms in total. The van der Waals surface area contributed by atoms with E-state index in [0.717, 1.165) is 16.9 Å². The van der Waals surface area contributed by atoms with Crippen LogP contribution in [0.4, 0.5) is 0 Å². The zero-order valence-electron chi connectivity index (χ0n) is 17.7. The molecule has 4 rings (SSSR count). The van der Waals surface area contributed by atoms with E-state index in [4.69, 9.17) is 26.7 Å². The number of H-pyrrole nitrogens is 1. The number of carbonyl (C=O) groups is 1. The van der Waals surface area contributed by atoms with Crippen molar-refractivity contribution in [2.45, 2.75) is 37.6 Å². The number of hydrogen-bond acceptors (Lipinski definition) is 6. The number of aryl methyl sites for hydroxylation is 1. The van der Waals surface area contributed by atoms with Crippen molar-refractivity contribution >= 4 is 40.3 Å². The Bertz CT molecular complexity index is 1180. The minimum Gasteiger partial charge on any atom is -0.378 e. The fourth-order valence-corrected chi connectivity index (χ4v) is 4.97. The van der Waals surface area contributed by atoms with E-state index in [2.05, 4.69) is 10.2 Å². The van der Waals surface area contributed by atoms with Gasteiger partial charge in [-0.15, -0.1) is 0 Å². The predicted molar refractivity (Wildman–Crippen MR) is 121 cm³/mol. The third-order valence-corrected chi connectivity index (χ3v) is 7.19. The maximum Gasteiger partial charge on any atom is 0.236 e. The second kappa shape index (κ2) is 9.02. The van der Waals surface area contributed by atoms with E-state index in [0.29, 0.717) is 53.9 Å². The van der Waals surface area contributed by atoms with Crippen molar-refractivity contribution in [2.24, 2.45) is 0 Å². The van der Waals surface area contributed by atoms with Gasteiger partial charge in [-0.3, -0.25) is 19.9 Å². The molecule has 0 saturated carbocycles. The van der Waals surface area contributed by atoms with Crippen LogP contribution in [0.5, 0.6) is 0 Å². The highest BCUT2D eigenvalue weighted by Gasteiger charge is 2.28. The Hall–Kier alpha value is -2.36. The van der Waals surface area contributed by atoms with E-state index >= 15 is 0 Å². The molecule has 1 saturated heterocycles. The monoisotopic (exact) mass is 460 g/mol. The Morgan fingerprint density at radius 1 is 1.35 bits per heavy atom. The van der Waals surface area contributed by atoms with Gasteiger partial charge < -0.3 is 9.64 Å². The number of ether oxygens (including phenoxy) is 1. The highest BCUT2D eigenvalue weighted by Crippen LogP contribution is 2.30. The number of morpholine rings is 1. The topological polar surface area (TPSA) is 99.9 Å². The van der Waals surface area contributed by atoms with Gasteiger partial charge in [-0.1, -0.05) is 36.4 Å². The Morgan fingerprint density at radius 3 is 2.81 bits per heavy atom. The van der Waals surface area contributed by atoms with Crippen LogP contribution in [0, 0.1) is 19.3 Å². The largest absolute Gasteiger partial charge is 0.378 e. The van der Waals surface area contributed by atoms with Crippen LogP contribution in [0.1, 0.15) is 24.6 Å². The molecular weight excluding hydrogens is 436 g/mol. The average molecular weight is 461 g/mol. The van der Waals surface area contributed by atoms with Crippen LogP contribution < -0.4 is 5.49 Å². The summed E-state index contributed by atoms with van der Waals surface area (Å²) >= 11 is 7.76. The number of aromatic nitrogens is 4. The van der Waals surface area contributed by atoms with Crippen LogP contribution in [-0.2, 0) is 9.53 Å². The molecule has 31 heavy (non-hydrogen) atoms. The molecule has 0 aliphatic carbocycles. The molecular formula is C21H25ClN6O2S. The first kappa shape index (κ1) is 21.9. The smallest absolute Gasteiger partial charge is 0.236 e. The molecule has 1 unspecified atom stereocenters. The van der Waals surface area contributed by atoms with Crippen molar-refractivity contribution in [1.29, 1.82) is 5.41 Å². The Labute approximate surface area is 189 Å². The Balaban J connectivity index is 1.83. The van der Waals surface area contributed by atoms with Crippen molar-refractivity contribution in [2.75, 3.05) is 26.3 Å². The molecule has 1 aliphatic rings. The lowest BCUT2D eigenvalue weighted by Gasteiger charge is -2.30. The van der Waals surface area contributed by atoms with E-state index in [9.17, 15) is 4.79 Å². The Morgan fingerprint density at radius 2 is 2.10 bits per heavy atom. The first-order chi connectivity index (χ1) is 14.9. The number of aromatic amines is 1. The quantitative estimate of drug-likeness (QED) is 0.449. The summed E-state index contributed by atoms with van der Waals surface area (Å²) in [7, 11) is 0. The zero-order valence-corrected chi connectivity index (χ0v) is 19.3. The summed E-state index contributed by atoms with van der Waals surface area (Å²) in [4.78, 5) is 19.8. The number of halogens is 1. The molecule has 2 aromatic heterocycles. The van der Waals surface area contributed by atoms with Crippen molar-refractivity contribution < 1.29 is 9.53 Å². The molecule has 0 radical (unpaired) electrons. The van der Waals surface area contributed by atoms with E-state index in [1.54, 1.807) is 4.57 Å². The summed E-state index contributed by atoms with van der Waals surface area (Å²) in [6.07, 6.45) is 0.641. The molecule has 2 N–H and O–H groups in total. The SMILES string of the molecule is CCC(Sc1nc2n[nH]c(C)c2c(=N)n1-c1cccc(Cl)c1C)C(=O)N1CCOCC1. The van der Waals surface area contributed by atoms with Gasteiger partial charge in [0, 0.05) is 23.8 Å². The average Bonchev–Trinajstić information content (AvgIpc) is 3.15. The van der Waals surface area contributed by atoms with Gasteiger partial charge in [0.05, 0.1) is 29.5 Å². The lowest BCUT2D eigenvalue weighted by atomic mass is 10.2. The minimum absolute atomic E-state index is 0.0665. The van der Waals surface area contributed by atoms with E-state index < -0.39 is 0 Å². The van der Waals surface area contributed by atoms with Crippen molar-refractivity contribution in [3.63, 3.8) is 0 Å². The molecule has 1 atom stereocenters. The first-order valence-corrected chi connectivity index (χ1v) is 11.5. The van der Waals surface area contributed by atoms with Gasteiger partial charge in [0.15, 0.2) is 10.8 Å². The van der Waals surface area contributed by atoms with Crippen LogP contribution in [0.25, 0.3) is 16.7 Å². The van der Waals surface area contributed by atoms with Crippen LogP contribution in [0.15, 0.2) is 23.4 Å². The van der Waals surface area contributed by atoms with E-state index in [1.807, 2.05) is 43.9 Å². The second-order valence-corrected chi connectivity index (χ2v) is 9.04. The molecule has 0 spiro atoms. The van der Waals surface area contributed by atoms with Crippen LogP contribution in [0.2, 0.25) is 5.02 Å². The maximum absolute atomic E-state index is 13.2. The van der Waals surface area contributed by atoms with E-state index in [-0.39, 0.29) is 16.6 Å². The summed E-state index contributed by atoms with van der Waals surface area (Å²) < 4.78 is 7.15. The summed E-state index contributed by atoms with van der Waals surface area (Å²) in [6, 6.07) is 5.59. The van der Waals surface area contributed by atoms with Gasteiger partial charge in [0.2, 0.25) is 5.91 Å². The lowest BCUT2D eigenvalue weighted by molar-refractivity contribution is -0.134. The number of carbonyl (C=O) groups excluding carboxylic acids is 1. The maximum atomic E-state index is 13.2. The second-order valence-electron chi connectivity index (χ2n) is 7.46. The molecule has 3 heterocycles. The minimum atomic E-state index is -0.326. The lowest BCUT2D eigenvalue weighted by Crippen LogP contribution is -2.44. The third-order valence-electron chi connectivity index (χ3n) is 5.48. The Kier molecular flexibility index (Phi) is 6.36. The third kappa shape index (κ3) is 4.09. The number of nitrogens with zero attached hydrogens (tertiary/aromatic N) is 4. The summed E-state index contributed by atoms with van der Waals surface area (Å²) in [5, 5.41) is 17.6. The number of fused-ring (bicyclic) bond motifs is 1. The number of hydrogen-bond donors (Lipinski definition) is 2. The molecule has 3 aromatic rings. The molecule has 1 amide bonds. The fraction of sp³-hybridized carbons (Fsp3) is 0.429. The number of nitrogens with one attached hydrogen (secondary N) is 2. The number of thioether (sulfide) groups is 1. The van der Waals surface area contributed by atoms with E-state index in [1.165, 1.54) is 11.8 Å². The first-order valence-electron chi connectivity index (χ1n) is 10.2. The van der Waals surface area contributed by atoms with Gasteiger partial charge in [-0.05, 0) is 38.0 Å². The van der Waals surface area contributed by atoms with Gasteiger partial charge in [-0.2, -0.15) is 5.10 Å². The molecule has 1 fully saturated rings. The molecule has 1 aromatic carbocycles. The number of benzene rings is 1. The van der Waals surface area contributed by atoms with Crippen molar-refractivity contribution in [3.05, 3.63) is 40.0 Å². The molecule has 10 heteroatoms. The standard InChI is InChI=1S/C21H25ClN6O2S/c1-4-16(20(29)27-8-10-30-11-9-27)31-21-24-19-17(13(3)25-26-19)18(23)28(21)15-7-5-6-14(22)12(15)2/h5-7,16,23H,4,8-11H2,1-3H3,(H,25,26). The van der Waals surface area contributed by atoms with Crippen LogP contribution >= 0.6 is 23.4 Å². The highest BCUT2D eigenvalue weighted by atomic mass is 35.5. The number of amides is 1. The predicted octanol–water partition coefficient (Wildman–Crippen LogP) is 3.23. The fourth-order valence-electron chi connectivity index (χ4n) is 3.69. The molecule has 164 valence electrons. The molecule has 1 aliphatic heterocycles. The number of rotatable bonds is 5. The summed E-state index contributed by atoms with van der Waals surface area (Å²) in [5.41, 5.74) is 3.12. The van der Waals surface area contributed by atoms with Gasteiger partial charge in [0.25, 0.3) is 0 Å². The van der Waals surface area contributed by atoms with Gasteiger partial charge in [0.1, 0.15) is 5.49 Å². The summed E-state index contributed by atoms with van der Waals surface area (Å²) in [6.45, 7) is 8.08. The zero-order chi connectivity index (χ0) is 22.1. The van der Waals surface area contributed by atoms with Crippen LogP contribution in [-0.4, -0.2) is 62.1 Å². The summed E-state index contributed by atoms with van der Waals surface area (Å²) in [5.74, 6) is 0.0665. The normalized spacial score (nSPS) is 15.4. The van der Waals surface area contributed by atoms with Crippen molar-refractivity contribution in [1.82, 2.24) is 24.6 Å². The van der Waals surface area contributed by atoms with Crippen molar-refractivity contribution in [3.8, 4) is 5.69 Å². The van der Waals surface area contributed by atoms with Gasteiger partial charge >= 0.3 is 0 Å². The highest BCUT2D eigenvalue weighted by molar-refractivity contribution is 8.00. The molecule has 0 bridgehead atoms.